The van der Waals surface area contributed by atoms with Gasteiger partial charge in [0.1, 0.15) is 0 Å². The normalized spacial score (nSPS) is 62.3. The summed E-state index contributed by atoms with van der Waals surface area (Å²) in [5, 5.41) is 9.33. The predicted molar refractivity (Wildman–Crippen MR) is 38.3 cm³/mol. The average molecular weight is 136 g/mol. The van der Waals surface area contributed by atoms with E-state index in [0.29, 0.717) is 5.92 Å². The molecule has 0 heterocycles. The zero-order chi connectivity index (χ0) is 6.72. The Morgan fingerprint density at radius 1 is 1.10 bits per heavy atom. The molecule has 2 saturated carbocycles. The van der Waals surface area contributed by atoms with Gasteiger partial charge in [0, 0.05) is 5.92 Å². The lowest BCUT2D eigenvalue weighted by Crippen LogP contribution is -2.42. The number of rotatable bonds is 0. The van der Waals surface area contributed by atoms with Crippen molar-refractivity contribution in [3.05, 3.63) is 12.2 Å². The third kappa shape index (κ3) is 0.485. The molecular weight excluding hydrogens is 124 g/mol. The van der Waals surface area contributed by atoms with Gasteiger partial charge in [0.05, 0.1) is 6.10 Å². The van der Waals surface area contributed by atoms with E-state index < -0.39 is 0 Å². The highest BCUT2D eigenvalue weighted by molar-refractivity contribution is 5.18. The van der Waals surface area contributed by atoms with Gasteiger partial charge in [0.15, 0.2) is 0 Å². The Morgan fingerprint density at radius 2 is 2.00 bits per heavy atom. The Balaban J connectivity index is 1.89. The minimum Gasteiger partial charge on any atom is -0.392 e. The van der Waals surface area contributed by atoms with Crippen LogP contribution in [0.25, 0.3) is 0 Å². The van der Waals surface area contributed by atoms with Crippen molar-refractivity contribution in [2.24, 2.45) is 23.7 Å². The summed E-state index contributed by atoms with van der Waals surface area (Å²) in [6.45, 7) is 0. The zero-order valence-corrected chi connectivity index (χ0v) is 5.90. The highest BCUT2D eigenvalue weighted by atomic mass is 16.3. The number of allylic oxidation sites excluding steroid dienone is 1. The lowest BCUT2D eigenvalue weighted by atomic mass is 9.66. The number of hydrogen-bond acceptors (Lipinski definition) is 1. The van der Waals surface area contributed by atoms with Crippen LogP contribution in [0, 0.1) is 23.7 Å². The minimum absolute atomic E-state index is 0.00259. The summed E-state index contributed by atoms with van der Waals surface area (Å²) in [5.41, 5.74) is 0. The average Bonchev–Trinajstić information content (AvgIpc) is 2.63. The van der Waals surface area contributed by atoms with Crippen LogP contribution in [0.3, 0.4) is 0 Å². The molecule has 0 aromatic heterocycles. The maximum absolute atomic E-state index is 9.33. The smallest absolute Gasteiger partial charge is 0.0608 e. The Hall–Kier alpha value is -0.300. The first-order chi connectivity index (χ1) is 4.86. The third-order valence-electron chi connectivity index (χ3n) is 3.47. The van der Waals surface area contributed by atoms with E-state index in [1.807, 2.05) is 0 Å². The van der Waals surface area contributed by atoms with E-state index in [2.05, 4.69) is 12.2 Å². The fraction of sp³-hybridized carbons (Fsp3) is 0.778. The van der Waals surface area contributed by atoms with Gasteiger partial charge in [0.25, 0.3) is 0 Å². The van der Waals surface area contributed by atoms with Crippen molar-refractivity contribution in [2.75, 3.05) is 0 Å². The van der Waals surface area contributed by atoms with Crippen molar-refractivity contribution in [1.82, 2.24) is 0 Å². The number of fused-ring (bicyclic) bond motifs is 3. The van der Waals surface area contributed by atoms with Crippen LogP contribution in [0.2, 0.25) is 0 Å². The first kappa shape index (κ1) is 5.36. The fourth-order valence-electron chi connectivity index (χ4n) is 2.63. The zero-order valence-electron chi connectivity index (χ0n) is 5.90. The molecule has 1 nitrogen and oxygen atoms in total. The lowest BCUT2D eigenvalue weighted by Gasteiger charge is -2.42. The number of hydrogen-bond donors (Lipinski definition) is 1. The van der Waals surface area contributed by atoms with E-state index >= 15 is 0 Å². The van der Waals surface area contributed by atoms with Crippen molar-refractivity contribution < 1.29 is 5.11 Å². The summed E-state index contributed by atoms with van der Waals surface area (Å²) in [6.07, 6.45) is 7.05. The molecule has 0 spiro atoms. The van der Waals surface area contributed by atoms with Crippen LogP contribution in [-0.4, -0.2) is 11.2 Å². The monoisotopic (exact) mass is 136 g/mol. The Kier molecular flexibility index (Phi) is 0.791. The number of aliphatic hydroxyl groups excluding tert-OH is 1. The molecular formula is C9H12O. The quantitative estimate of drug-likeness (QED) is 0.496. The summed E-state index contributed by atoms with van der Waals surface area (Å²) >= 11 is 0. The van der Waals surface area contributed by atoms with Crippen LogP contribution in [0.15, 0.2) is 12.2 Å². The molecule has 10 heavy (non-hydrogen) atoms. The summed E-state index contributed by atoms with van der Waals surface area (Å²) < 4.78 is 0. The fourth-order valence-corrected chi connectivity index (χ4v) is 2.63. The van der Waals surface area contributed by atoms with Gasteiger partial charge in [-0.15, -0.1) is 0 Å². The van der Waals surface area contributed by atoms with Crippen LogP contribution in [0.5, 0.6) is 0 Å². The Labute approximate surface area is 60.7 Å². The first-order valence-electron chi connectivity index (χ1n) is 4.22. The summed E-state index contributed by atoms with van der Waals surface area (Å²) in [7, 11) is 0. The van der Waals surface area contributed by atoms with Gasteiger partial charge in [-0.3, -0.25) is 0 Å². The van der Waals surface area contributed by atoms with Crippen molar-refractivity contribution in [3.8, 4) is 0 Å². The van der Waals surface area contributed by atoms with E-state index in [-0.39, 0.29) is 6.10 Å². The molecule has 1 heteroatoms. The minimum atomic E-state index is 0.00259. The molecule has 1 N–H and O–H groups in total. The summed E-state index contributed by atoms with van der Waals surface area (Å²) in [6, 6.07) is 0. The lowest BCUT2D eigenvalue weighted by molar-refractivity contribution is -0.0215. The maximum atomic E-state index is 9.33. The molecule has 0 aromatic carbocycles. The molecule has 2 fully saturated rings. The molecule has 3 aliphatic carbocycles. The van der Waals surface area contributed by atoms with Gasteiger partial charge in [-0.25, -0.2) is 0 Å². The van der Waals surface area contributed by atoms with Gasteiger partial charge in [0.2, 0.25) is 0 Å². The maximum Gasteiger partial charge on any atom is 0.0608 e. The van der Waals surface area contributed by atoms with Gasteiger partial charge in [-0.2, -0.15) is 0 Å². The standard InChI is InChI=1S/C9H12O/c10-9-4-8-6(9)2-1-5-3-7(5)8/h1-2,5-10H,3-4H2/t5-,6-,7+,8-,9?/m1/s1. The van der Waals surface area contributed by atoms with Gasteiger partial charge >= 0.3 is 0 Å². The van der Waals surface area contributed by atoms with Gasteiger partial charge in [-0.05, 0) is 30.6 Å². The molecule has 0 aromatic rings. The molecule has 3 aliphatic rings. The van der Waals surface area contributed by atoms with Crippen LogP contribution in [0.4, 0.5) is 0 Å². The van der Waals surface area contributed by atoms with Crippen molar-refractivity contribution in [2.45, 2.75) is 18.9 Å². The first-order valence-corrected chi connectivity index (χ1v) is 4.22. The van der Waals surface area contributed by atoms with E-state index in [4.69, 9.17) is 0 Å². The van der Waals surface area contributed by atoms with Crippen molar-refractivity contribution in [3.63, 3.8) is 0 Å². The highest BCUT2D eigenvalue weighted by Crippen LogP contribution is 2.58. The molecule has 0 saturated heterocycles. The van der Waals surface area contributed by atoms with E-state index in [9.17, 15) is 5.11 Å². The molecule has 0 aliphatic heterocycles. The van der Waals surface area contributed by atoms with Gasteiger partial charge in [-0.1, -0.05) is 12.2 Å². The molecule has 54 valence electrons. The van der Waals surface area contributed by atoms with Gasteiger partial charge < -0.3 is 5.11 Å². The highest BCUT2D eigenvalue weighted by Gasteiger charge is 2.53. The van der Waals surface area contributed by atoms with Crippen LogP contribution < -0.4 is 0 Å². The SMILES string of the molecule is OC1C[C@H]2[C@H]3C[C@H]3C=C[C@@H]12. The number of aliphatic hydroxyl groups is 1. The predicted octanol–water partition coefficient (Wildman–Crippen LogP) is 1.19. The second-order valence-corrected chi connectivity index (χ2v) is 3.99. The van der Waals surface area contributed by atoms with Crippen molar-refractivity contribution in [1.29, 1.82) is 0 Å². The second-order valence-electron chi connectivity index (χ2n) is 3.99. The van der Waals surface area contributed by atoms with Crippen molar-refractivity contribution >= 4 is 0 Å². The van der Waals surface area contributed by atoms with E-state index in [1.54, 1.807) is 0 Å². The Bertz CT molecular complexity index is 197. The Morgan fingerprint density at radius 3 is 2.80 bits per heavy atom. The molecule has 0 radical (unpaired) electrons. The van der Waals surface area contributed by atoms with E-state index in [1.165, 1.54) is 6.42 Å². The summed E-state index contributed by atoms with van der Waals surface area (Å²) in [4.78, 5) is 0. The van der Waals surface area contributed by atoms with E-state index in [0.717, 1.165) is 24.2 Å². The van der Waals surface area contributed by atoms with Crippen LogP contribution in [0.1, 0.15) is 12.8 Å². The summed E-state index contributed by atoms with van der Waals surface area (Å²) in [5.74, 6) is 3.29. The topological polar surface area (TPSA) is 20.2 Å². The molecule has 0 amide bonds. The van der Waals surface area contributed by atoms with Crippen LogP contribution in [-0.2, 0) is 0 Å². The molecule has 0 bridgehead atoms. The second kappa shape index (κ2) is 1.48. The van der Waals surface area contributed by atoms with Crippen LogP contribution >= 0.6 is 0 Å². The molecule has 5 atom stereocenters. The molecule has 1 unspecified atom stereocenters. The molecule has 3 rings (SSSR count). The third-order valence-corrected chi connectivity index (χ3v) is 3.47. The largest absolute Gasteiger partial charge is 0.392 e.